The third kappa shape index (κ3) is 14200. The average Bonchev–Trinajstić information content (AvgIpc) is 1.41. The molecule has 0 rings (SSSR count). The van der Waals surface area contributed by atoms with E-state index in [0.717, 1.165) is 0 Å². The van der Waals surface area contributed by atoms with Gasteiger partial charge in [0.05, 0.1) is 0 Å². The Labute approximate surface area is 112 Å². The molecule has 0 aliphatic rings. The normalized spacial score (nSPS) is 9.78. The number of hydrogen-bond acceptors (Lipinski definition) is 6. The molecule has 0 aromatic heterocycles. The number of rotatable bonds is 0. The van der Waals surface area contributed by atoms with Crippen molar-refractivity contribution < 1.29 is 73.1 Å². The maximum Gasteiger partial charge on any atom is 0.466 e. The van der Waals surface area contributed by atoms with Crippen molar-refractivity contribution >= 4 is 26.0 Å². The van der Waals surface area contributed by atoms with Crippen molar-refractivity contribution in [2.75, 3.05) is 0 Å². The molecule has 18 heteroatoms. The van der Waals surface area contributed by atoms with Crippen LogP contribution in [0.1, 0.15) is 0 Å². The average molecular weight is 392 g/mol. The predicted octanol–water partition coefficient (Wildman–Crippen LogP) is -2.19. The van der Waals surface area contributed by atoms with Gasteiger partial charge in [0.2, 0.25) is 0 Å². The predicted molar refractivity (Wildman–Crippen MR) is 52.7 cm³/mol. The van der Waals surface area contributed by atoms with Crippen LogP contribution >= 0.6 is 15.6 Å². The summed E-state index contributed by atoms with van der Waals surface area (Å²) in [6.45, 7) is 0. The van der Waals surface area contributed by atoms with E-state index in [0.29, 0.717) is 0 Å². The van der Waals surface area contributed by atoms with Crippen molar-refractivity contribution in [3.05, 3.63) is 0 Å². The van der Waals surface area contributed by atoms with Gasteiger partial charge in [-0.15, -0.1) is 0 Å². The van der Waals surface area contributed by atoms with Crippen molar-refractivity contribution in [1.82, 2.24) is 12.3 Å². The van der Waals surface area contributed by atoms with Crippen LogP contribution in [0.3, 0.4) is 0 Å². The molecule has 0 spiro atoms. The van der Waals surface area contributed by atoms with E-state index in [1.165, 1.54) is 0 Å². The Hall–Kier alpha value is 0.529. The van der Waals surface area contributed by atoms with E-state index in [2.05, 4.69) is 0 Å². The third-order valence-corrected chi connectivity index (χ3v) is 0. The first-order valence-corrected chi connectivity index (χ1v) is 6.79. The van der Waals surface area contributed by atoms with Crippen LogP contribution in [0.5, 0.6) is 0 Å². The van der Waals surface area contributed by atoms with E-state index in [1.807, 2.05) is 0 Å². The molecule has 18 heavy (non-hydrogen) atoms. The van der Waals surface area contributed by atoms with Crippen LogP contribution in [0.4, 0.5) is 0 Å². The Morgan fingerprint density at radius 3 is 0.667 bits per heavy atom. The zero-order chi connectivity index (χ0) is 13.5. The molecule has 14 nitrogen and oxygen atoms in total. The van der Waals surface area contributed by atoms with Gasteiger partial charge < -0.3 is 41.7 Å². The van der Waals surface area contributed by atoms with E-state index < -0.39 is 26.0 Å². The van der Waals surface area contributed by atoms with Crippen LogP contribution in [0.15, 0.2) is 0 Å². The molecule has 0 bridgehead atoms. The van der Waals surface area contributed by atoms with Crippen molar-refractivity contribution in [3.8, 4) is 0 Å². The van der Waals surface area contributed by atoms with Crippen molar-refractivity contribution in [2.45, 2.75) is 0 Å². The summed E-state index contributed by atoms with van der Waals surface area (Å²) in [4.78, 5) is 43.1. The standard InChI is InChI=1S/Cu.2H3N.2H3O4P.H2O4S/c;;;3*1-5(2,3)4/h;2*1H3;2*(H3,1,2,3,4);(H2,1,2,3,4). The second-order valence-electron chi connectivity index (χ2n) is 1.47. The molecule has 0 aromatic carbocycles. The van der Waals surface area contributed by atoms with Crippen LogP contribution in [-0.4, -0.2) is 46.9 Å². The van der Waals surface area contributed by atoms with Gasteiger partial charge in [-0.2, -0.15) is 8.42 Å². The fourth-order valence-electron chi connectivity index (χ4n) is 0. The minimum atomic E-state index is -4.67. The first-order chi connectivity index (χ1) is 6.00. The molecule has 0 heterocycles. The first-order valence-electron chi connectivity index (χ1n) is 2.26. The van der Waals surface area contributed by atoms with E-state index in [4.69, 9.17) is 56.0 Å². The molecule has 0 amide bonds. The van der Waals surface area contributed by atoms with E-state index in [1.54, 1.807) is 0 Å². The third-order valence-electron chi connectivity index (χ3n) is 0. The van der Waals surface area contributed by atoms with Gasteiger partial charge in [0, 0.05) is 17.1 Å². The van der Waals surface area contributed by atoms with Crippen LogP contribution in [-0.2, 0) is 36.6 Å². The summed E-state index contributed by atoms with van der Waals surface area (Å²) in [5.41, 5.74) is 0. The molecule has 0 aliphatic heterocycles. The summed E-state index contributed by atoms with van der Waals surface area (Å²) in [7, 11) is -13.9. The molecule has 1 radical (unpaired) electrons. The zero-order valence-electron chi connectivity index (χ0n) is 8.23. The molecular weight excluding hydrogens is 378 g/mol. The maximum absolute atomic E-state index is 8.88. The summed E-state index contributed by atoms with van der Waals surface area (Å²) in [6.07, 6.45) is 0. The van der Waals surface area contributed by atoms with E-state index >= 15 is 0 Å². The van der Waals surface area contributed by atoms with Gasteiger partial charge in [0.1, 0.15) is 0 Å². The van der Waals surface area contributed by atoms with Crippen molar-refractivity contribution in [3.63, 3.8) is 0 Å². The molecule has 14 N–H and O–H groups in total. The van der Waals surface area contributed by atoms with Crippen molar-refractivity contribution in [2.24, 2.45) is 0 Å². The summed E-state index contributed by atoms with van der Waals surface area (Å²) < 4.78 is 49.3. The molecule has 0 unspecified atom stereocenters. The fraction of sp³-hybridized carbons (Fsp3) is 0. The molecule has 0 aliphatic carbocycles. The Balaban J connectivity index is -0.0000000277. The van der Waals surface area contributed by atoms with Gasteiger partial charge in [-0.3, -0.25) is 9.11 Å². The van der Waals surface area contributed by atoms with Crippen LogP contribution in [0.25, 0.3) is 0 Å². The maximum atomic E-state index is 8.88. The van der Waals surface area contributed by atoms with Crippen molar-refractivity contribution in [1.29, 1.82) is 0 Å². The Morgan fingerprint density at radius 1 is 0.667 bits per heavy atom. The Kier molecular flexibility index (Phi) is 28.1. The summed E-state index contributed by atoms with van der Waals surface area (Å²) >= 11 is 0. The van der Waals surface area contributed by atoms with Gasteiger partial charge in [0.15, 0.2) is 0 Å². The quantitative estimate of drug-likeness (QED) is 0.119. The molecule has 0 saturated heterocycles. The van der Waals surface area contributed by atoms with Gasteiger partial charge >= 0.3 is 26.0 Å². The number of hydrogen-bond donors (Lipinski definition) is 10. The molecule has 0 aromatic rings. The van der Waals surface area contributed by atoms with Crippen LogP contribution < -0.4 is 12.3 Å². The second-order valence-corrected chi connectivity index (χ2v) is 4.42. The first kappa shape index (κ1) is 36.3. The molecule has 0 fully saturated rings. The minimum Gasteiger partial charge on any atom is -0.344 e. The number of phosphoric acid groups is 2. The summed E-state index contributed by atoms with van der Waals surface area (Å²) in [5.74, 6) is 0. The Bertz CT molecular complexity index is 293. The Morgan fingerprint density at radius 2 is 0.667 bits per heavy atom. The summed E-state index contributed by atoms with van der Waals surface area (Å²) in [5, 5.41) is 0. The van der Waals surface area contributed by atoms with Gasteiger partial charge in [-0.25, -0.2) is 9.13 Å². The van der Waals surface area contributed by atoms with Gasteiger partial charge in [-0.1, -0.05) is 0 Å². The monoisotopic (exact) mass is 391 g/mol. The fourth-order valence-corrected chi connectivity index (χ4v) is 0. The molecule has 123 valence electrons. The SMILES string of the molecule is N.N.O=P(O)(O)O.O=P(O)(O)O.O=S(=O)(O)O.[Cu]. The smallest absolute Gasteiger partial charge is 0.344 e. The van der Waals surface area contributed by atoms with Gasteiger partial charge in [0.25, 0.3) is 0 Å². The van der Waals surface area contributed by atoms with Crippen LogP contribution in [0.2, 0.25) is 0 Å². The van der Waals surface area contributed by atoms with Crippen LogP contribution in [0, 0.1) is 0 Å². The van der Waals surface area contributed by atoms with E-state index in [9.17, 15) is 0 Å². The molecule has 0 saturated carbocycles. The second kappa shape index (κ2) is 13.9. The largest absolute Gasteiger partial charge is 0.466 e. The topological polar surface area (TPSA) is 300 Å². The van der Waals surface area contributed by atoms with Gasteiger partial charge in [-0.05, 0) is 0 Å². The minimum absolute atomic E-state index is 0. The summed E-state index contributed by atoms with van der Waals surface area (Å²) in [6, 6.07) is 0. The molecule has 0 atom stereocenters. The van der Waals surface area contributed by atoms with E-state index in [-0.39, 0.29) is 29.4 Å². The molecular formula is H14CuN2O12P2S. The zero-order valence-corrected chi connectivity index (χ0v) is 11.8.